The van der Waals surface area contributed by atoms with Crippen LogP contribution in [-0.2, 0) is 0 Å². The van der Waals surface area contributed by atoms with E-state index in [1.807, 2.05) is 18.2 Å². The van der Waals surface area contributed by atoms with Crippen LogP contribution in [0.3, 0.4) is 0 Å². The number of anilines is 2. The highest BCUT2D eigenvalue weighted by Gasteiger charge is 2.23. The largest absolute Gasteiger partial charge is 0.351 e. The lowest BCUT2D eigenvalue weighted by Gasteiger charge is -2.21. The topological polar surface area (TPSA) is 62.7 Å². The van der Waals surface area contributed by atoms with Crippen LogP contribution in [0.4, 0.5) is 11.9 Å². The summed E-state index contributed by atoms with van der Waals surface area (Å²) in [6, 6.07) is 10.7. The summed E-state index contributed by atoms with van der Waals surface area (Å²) in [6.45, 7) is 6.28. The van der Waals surface area contributed by atoms with E-state index in [1.165, 1.54) is 12.8 Å². The second kappa shape index (κ2) is 6.12. The number of benzene rings is 1. The molecule has 3 rings (SSSR count). The third kappa shape index (κ3) is 4.59. The average molecular weight is 315 g/mol. The molecule has 1 aliphatic carbocycles. The highest BCUT2D eigenvalue weighted by molar-refractivity contribution is 7.99. The average Bonchev–Trinajstić information content (AvgIpc) is 3.21. The van der Waals surface area contributed by atoms with Gasteiger partial charge in [0.25, 0.3) is 0 Å². The minimum absolute atomic E-state index is 0.0904. The second-order valence-corrected chi connectivity index (χ2v) is 7.51. The number of rotatable bonds is 5. The SMILES string of the molecule is CC(C)(C)Nc1nc(NC2CC2)nc(Sc2ccccc2)n1. The molecule has 0 atom stereocenters. The van der Waals surface area contributed by atoms with E-state index < -0.39 is 0 Å². The van der Waals surface area contributed by atoms with E-state index in [4.69, 9.17) is 0 Å². The van der Waals surface area contributed by atoms with E-state index in [-0.39, 0.29) is 5.54 Å². The Bertz CT molecular complexity index is 635. The van der Waals surface area contributed by atoms with E-state index in [2.05, 4.69) is 58.5 Å². The van der Waals surface area contributed by atoms with Crippen molar-refractivity contribution in [3.05, 3.63) is 30.3 Å². The van der Waals surface area contributed by atoms with Gasteiger partial charge in [-0.05, 0) is 57.5 Å². The Morgan fingerprint density at radius 1 is 1.00 bits per heavy atom. The van der Waals surface area contributed by atoms with Crippen LogP contribution in [0, 0.1) is 0 Å². The fourth-order valence-electron chi connectivity index (χ4n) is 1.86. The van der Waals surface area contributed by atoms with Crippen molar-refractivity contribution in [3.8, 4) is 0 Å². The molecule has 1 fully saturated rings. The van der Waals surface area contributed by atoms with Crippen LogP contribution in [0.15, 0.2) is 40.4 Å². The fourth-order valence-corrected chi connectivity index (χ4v) is 2.63. The molecule has 0 amide bonds. The van der Waals surface area contributed by atoms with Gasteiger partial charge in [-0.1, -0.05) is 18.2 Å². The molecule has 1 aromatic carbocycles. The maximum atomic E-state index is 4.53. The molecule has 5 nitrogen and oxygen atoms in total. The molecule has 6 heteroatoms. The lowest BCUT2D eigenvalue weighted by atomic mass is 10.1. The Balaban J connectivity index is 1.84. The van der Waals surface area contributed by atoms with Crippen molar-refractivity contribution in [1.82, 2.24) is 15.0 Å². The molecule has 0 aliphatic heterocycles. The lowest BCUT2D eigenvalue weighted by molar-refractivity contribution is 0.622. The van der Waals surface area contributed by atoms with Gasteiger partial charge in [-0.25, -0.2) is 0 Å². The Kier molecular flexibility index (Phi) is 4.20. The van der Waals surface area contributed by atoms with Crippen molar-refractivity contribution < 1.29 is 0 Å². The third-order valence-electron chi connectivity index (χ3n) is 2.96. The number of nitrogens with one attached hydrogen (secondary N) is 2. The summed E-state index contributed by atoms with van der Waals surface area (Å²) in [7, 11) is 0. The van der Waals surface area contributed by atoms with Gasteiger partial charge in [-0.15, -0.1) is 0 Å². The van der Waals surface area contributed by atoms with Crippen molar-refractivity contribution in [2.45, 2.75) is 55.2 Å². The molecular formula is C16H21N5S. The molecule has 0 spiro atoms. The summed E-state index contributed by atoms with van der Waals surface area (Å²) < 4.78 is 0. The summed E-state index contributed by atoms with van der Waals surface area (Å²) in [5.41, 5.74) is -0.0904. The van der Waals surface area contributed by atoms with Crippen LogP contribution in [0.5, 0.6) is 0 Å². The summed E-state index contributed by atoms with van der Waals surface area (Å²) in [6.07, 6.45) is 2.38. The number of nitrogens with zero attached hydrogens (tertiary/aromatic N) is 3. The zero-order valence-corrected chi connectivity index (χ0v) is 13.9. The van der Waals surface area contributed by atoms with E-state index in [0.717, 1.165) is 4.90 Å². The van der Waals surface area contributed by atoms with Crippen LogP contribution in [0.25, 0.3) is 0 Å². The van der Waals surface area contributed by atoms with Crippen molar-refractivity contribution in [2.75, 3.05) is 10.6 Å². The molecular weight excluding hydrogens is 294 g/mol. The summed E-state index contributed by atoms with van der Waals surface area (Å²) in [4.78, 5) is 14.7. The molecule has 2 N–H and O–H groups in total. The fraction of sp³-hybridized carbons (Fsp3) is 0.438. The standard InChI is InChI=1S/C16H21N5S/c1-16(2,3)21-14-18-13(17-11-9-10-11)19-15(20-14)22-12-7-5-4-6-8-12/h4-8,11H,9-10H2,1-3H3,(H2,17,18,19,20,21). The first-order valence-electron chi connectivity index (χ1n) is 7.52. The Morgan fingerprint density at radius 3 is 2.32 bits per heavy atom. The zero-order valence-electron chi connectivity index (χ0n) is 13.1. The van der Waals surface area contributed by atoms with Crippen LogP contribution in [-0.4, -0.2) is 26.5 Å². The molecule has 1 aliphatic rings. The van der Waals surface area contributed by atoms with Gasteiger partial charge in [0.15, 0.2) is 5.16 Å². The number of hydrogen-bond acceptors (Lipinski definition) is 6. The predicted molar refractivity (Wildman–Crippen MR) is 90.4 cm³/mol. The monoisotopic (exact) mass is 315 g/mol. The van der Waals surface area contributed by atoms with E-state index >= 15 is 0 Å². The Labute approximate surface area is 135 Å². The van der Waals surface area contributed by atoms with Crippen LogP contribution in [0.2, 0.25) is 0 Å². The molecule has 1 saturated carbocycles. The smallest absolute Gasteiger partial charge is 0.228 e. The lowest BCUT2D eigenvalue weighted by Crippen LogP contribution is -2.28. The van der Waals surface area contributed by atoms with Crippen molar-refractivity contribution >= 4 is 23.7 Å². The van der Waals surface area contributed by atoms with Gasteiger partial charge in [0.1, 0.15) is 0 Å². The Hall–Kier alpha value is -1.82. The van der Waals surface area contributed by atoms with E-state index in [9.17, 15) is 0 Å². The maximum Gasteiger partial charge on any atom is 0.228 e. The Morgan fingerprint density at radius 2 is 1.68 bits per heavy atom. The minimum Gasteiger partial charge on any atom is -0.351 e. The first kappa shape index (κ1) is 15.1. The molecule has 116 valence electrons. The summed E-state index contributed by atoms with van der Waals surface area (Å²) in [5.74, 6) is 1.27. The van der Waals surface area contributed by atoms with Gasteiger partial charge in [0.2, 0.25) is 11.9 Å². The molecule has 1 aromatic heterocycles. The van der Waals surface area contributed by atoms with Gasteiger partial charge >= 0.3 is 0 Å². The van der Waals surface area contributed by atoms with Gasteiger partial charge in [-0.3, -0.25) is 0 Å². The van der Waals surface area contributed by atoms with Gasteiger partial charge < -0.3 is 10.6 Å². The maximum absolute atomic E-state index is 4.53. The predicted octanol–water partition coefficient (Wildman–Crippen LogP) is 3.81. The van der Waals surface area contributed by atoms with E-state index in [1.54, 1.807) is 11.8 Å². The van der Waals surface area contributed by atoms with Crippen molar-refractivity contribution in [1.29, 1.82) is 0 Å². The first-order valence-corrected chi connectivity index (χ1v) is 8.33. The first-order chi connectivity index (χ1) is 10.5. The molecule has 1 heterocycles. The zero-order chi connectivity index (χ0) is 15.6. The molecule has 2 aromatic rings. The minimum atomic E-state index is -0.0904. The van der Waals surface area contributed by atoms with Gasteiger partial charge in [0, 0.05) is 16.5 Å². The molecule has 22 heavy (non-hydrogen) atoms. The normalized spacial score (nSPS) is 14.7. The molecule has 0 saturated heterocycles. The van der Waals surface area contributed by atoms with Crippen LogP contribution in [0.1, 0.15) is 33.6 Å². The molecule has 0 bridgehead atoms. The van der Waals surface area contributed by atoms with Crippen LogP contribution >= 0.6 is 11.8 Å². The second-order valence-electron chi connectivity index (χ2n) is 6.47. The van der Waals surface area contributed by atoms with Crippen LogP contribution < -0.4 is 10.6 Å². The number of aromatic nitrogens is 3. The molecule has 0 radical (unpaired) electrons. The summed E-state index contributed by atoms with van der Waals surface area (Å²) in [5, 5.41) is 7.38. The van der Waals surface area contributed by atoms with E-state index in [0.29, 0.717) is 23.1 Å². The quantitative estimate of drug-likeness (QED) is 0.875. The molecule has 0 unspecified atom stereocenters. The van der Waals surface area contributed by atoms with Crippen molar-refractivity contribution in [2.24, 2.45) is 0 Å². The highest BCUT2D eigenvalue weighted by atomic mass is 32.2. The third-order valence-corrected chi connectivity index (χ3v) is 3.84. The highest BCUT2D eigenvalue weighted by Crippen LogP contribution is 2.28. The number of hydrogen-bond donors (Lipinski definition) is 2. The van der Waals surface area contributed by atoms with Crippen molar-refractivity contribution in [3.63, 3.8) is 0 Å². The van der Waals surface area contributed by atoms with Gasteiger partial charge in [0.05, 0.1) is 0 Å². The summed E-state index contributed by atoms with van der Waals surface area (Å²) >= 11 is 1.55. The van der Waals surface area contributed by atoms with Gasteiger partial charge in [-0.2, -0.15) is 15.0 Å².